The van der Waals surface area contributed by atoms with Gasteiger partial charge in [0.2, 0.25) is 5.91 Å². The SMILES string of the molecule is CCc1ccc(F)c(NC(=O)CC(C)N(CC)CC)c1. The molecule has 1 aromatic carbocycles. The van der Waals surface area contributed by atoms with Crippen LogP contribution < -0.4 is 5.32 Å². The Hall–Kier alpha value is -1.42. The Morgan fingerprint density at radius 3 is 2.50 bits per heavy atom. The van der Waals surface area contributed by atoms with Crippen LogP contribution in [0.15, 0.2) is 18.2 Å². The molecule has 0 bridgehead atoms. The van der Waals surface area contributed by atoms with Crippen LogP contribution in [0.2, 0.25) is 0 Å². The highest BCUT2D eigenvalue weighted by atomic mass is 19.1. The molecule has 0 spiro atoms. The number of halogens is 1. The number of aryl methyl sites for hydroxylation is 1. The number of anilines is 1. The fourth-order valence-corrected chi connectivity index (χ4v) is 2.33. The van der Waals surface area contributed by atoms with Crippen LogP contribution in [-0.2, 0) is 11.2 Å². The van der Waals surface area contributed by atoms with Gasteiger partial charge >= 0.3 is 0 Å². The molecule has 0 fully saturated rings. The normalized spacial score (nSPS) is 12.5. The molecule has 1 unspecified atom stereocenters. The van der Waals surface area contributed by atoms with E-state index in [1.54, 1.807) is 12.1 Å². The molecule has 1 N–H and O–H groups in total. The van der Waals surface area contributed by atoms with E-state index in [-0.39, 0.29) is 23.5 Å². The van der Waals surface area contributed by atoms with Gasteiger partial charge in [0.25, 0.3) is 0 Å². The minimum absolute atomic E-state index is 0.142. The molecule has 3 nitrogen and oxygen atoms in total. The summed E-state index contributed by atoms with van der Waals surface area (Å²) in [7, 11) is 0. The molecule has 112 valence electrons. The van der Waals surface area contributed by atoms with Gasteiger partial charge in [-0.05, 0) is 44.1 Å². The van der Waals surface area contributed by atoms with Crippen molar-refractivity contribution in [3.63, 3.8) is 0 Å². The smallest absolute Gasteiger partial charge is 0.226 e. The Labute approximate surface area is 121 Å². The van der Waals surface area contributed by atoms with E-state index in [9.17, 15) is 9.18 Å². The molecular formula is C16H25FN2O. The number of rotatable bonds is 7. The summed E-state index contributed by atoms with van der Waals surface area (Å²) in [6.07, 6.45) is 1.19. The second-order valence-electron chi connectivity index (χ2n) is 4.99. The number of amides is 1. The standard InChI is InChI=1S/C16H25FN2O/c1-5-13-8-9-14(17)15(11-13)18-16(20)10-12(4)19(6-2)7-3/h8-9,11-12H,5-7,10H2,1-4H3,(H,18,20). The summed E-state index contributed by atoms with van der Waals surface area (Å²) >= 11 is 0. The van der Waals surface area contributed by atoms with Crippen molar-refractivity contribution >= 4 is 11.6 Å². The summed E-state index contributed by atoms with van der Waals surface area (Å²) in [4.78, 5) is 14.2. The first kappa shape index (κ1) is 16.6. The summed E-state index contributed by atoms with van der Waals surface area (Å²) in [5.74, 6) is -0.525. The van der Waals surface area contributed by atoms with Crippen LogP contribution in [0.25, 0.3) is 0 Å². The molecule has 4 heteroatoms. The topological polar surface area (TPSA) is 32.3 Å². The molecule has 0 saturated carbocycles. The van der Waals surface area contributed by atoms with E-state index in [2.05, 4.69) is 24.1 Å². The molecule has 0 aromatic heterocycles. The number of hydrogen-bond acceptors (Lipinski definition) is 2. The Morgan fingerprint density at radius 2 is 1.95 bits per heavy atom. The average Bonchev–Trinajstić information content (AvgIpc) is 2.42. The molecule has 1 rings (SSSR count). The molecule has 0 saturated heterocycles. The van der Waals surface area contributed by atoms with Crippen molar-refractivity contribution in [3.05, 3.63) is 29.6 Å². The van der Waals surface area contributed by atoms with Crippen LogP contribution >= 0.6 is 0 Å². The van der Waals surface area contributed by atoms with Gasteiger partial charge in [-0.3, -0.25) is 4.79 Å². The highest BCUT2D eigenvalue weighted by molar-refractivity contribution is 5.91. The Bertz CT molecular complexity index is 444. The van der Waals surface area contributed by atoms with Gasteiger partial charge in [0, 0.05) is 12.5 Å². The lowest BCUT2D eigenvalue weighted by atomic mass is 10.1. The first-order valence-corrected chi connectivity index (χ1v) is 7.34. The summed E-state index contributed by atoms with van der Waals surface area (Å²) in [5.41, 5.74) is 1.29. The zero-order valence-corrected chi connectivity index (χ0v) is 12.9. The van der Waals surface area contributed by atoms with Gasteiger partial charge in [0.05, 0.1) is 5.69 Å². The molecule has 1 amide bonds. The second kappa shape index (κ2) is 8.00. The van der Waals surface area contributed by atoms with Crippen LogP contribution in [0.1, 0.15) is 39.7 Å². The summed E-state index contributed by atoms with van der Waals surface area (Å²) in [5, 5.41) is 2.68. The van der Waals surface area contributed by atoms with Crippen LogP contribution in [-0.4, -0.2) is 29.9 Å². The zero-order chi connectivity index (χ0) is 15.1. The van der Waals surface area contributed by atoms with Gasteiger partial charge in [-0.2, -0.15) is 0 Å². The quantitative estimate of drug-likeness (QED) is 0.829. The maximum absolute atomic E-state index is 13.7. The van der Waals surface area contributed by atoms with E-state index in [4.69, 9.17) is 0 Å². The van der Waals surface area contributed by atoms with Gasteiger partial charge in [-0.25, -0.2) is 4.39 Å². The number of nitrogens with one attached hydrogen (secondary N) is 1. The van der Waals surface area contributed by atoms with Crippen LogP contribution in [0.3, 0.4) is 0 Å². The first-order valence-electron chi connectivity index (χ1n) is 7.34. The van der Waals surface area contributed by atoms with Crippen molar-refractivity contribution in [2.45, 2.75) is 46.6 Å². The molecule has 1 aromatic rings. The van der Waals surface area contributed by atoms with E-state index >= 15 is 0 Å². The van der Waals surface area contributed by atoms with Crippen molar-refractivity contribution in [2.75, 3.05) is 18.4 Å². The minimum Gasteiger partial charge on any atom is -0.324 e. The van der Waals surface area contributed by atoms with Crippen molar-refractivity contribution in [1.82, 2.24) is 4.90 Å². The molecule has 0 aliphatic rings. The highest BCUT2D eigenvalue weighted by Crippen LogP contribution is 2.17. The lowest BCUT2D eigenvalue weighted by Crippen LogP contribution is -2.35. The number of nitrogens with zero attached hydrogens (tertiary/aromatic N) is 1. The van der Waals surface area contributed by atoms with Crippen molar-refractivity contribution in [2.24, 2.45) is 0 Å². The number of carbonyl (C=O) groups excluding carboxylic acids is 1. The molecule has 1 atom stereocenters. The maximum atomic E-state index is 13.7. The van der Waals surface area contributed by atoms with Crippen LogP contribution in [0.4, 0.5) is 10.1 Å². The summed E-state index contributed by atoms with van der Waals surface area (Å²) in [6.45, 7) is 9.98. The van der Waals surface area contributed by atoms with Crippen molar-refractivity contribution in [1.29, 1.82) is 0 Å². The van der Waals surface area contributed by atoms with Gasteiger partial charge < -0.3 is 10.2 Å². The monoisotopic (exact) mass is 280 g/mol. The molecule has 0 aliphatic heterocycles. The third-order valence-electron chi connectivity index (χ3n) is 3.63. The van der Waals surface area contributed by atoms with E-state index in [1.807, 2.05) is 13.8 Å². The summed E-state index contributed by atoms with van der Waals surface area (Å²) in [6, 6.07) is 5.00. The van der Waals surface area contributed by atoms with E-state index in [1.165, 1.54) is 6.07 Å². The van der Waals surface area contributed by atoms with Crippen molar-refractivity contribution in [3.8, 4) is 0 Å². The first-order chi connectivity index (χ1) is 9.51. The van der Waals surface area contributed by atoms with Crippen LogP contribution in [0, 0.1) is 5.82 Å². The second-order valence-corrected chi connectivity index (χ2v) is 4.99. The average molecular weight is 280 g/mol. The zero-order valence-electron chi connectivity index (χ0n) is 12.9. The number of carbonyl (C=O) groups is 1. The molecule has 0 radical (unpaired) electrons. The van der Waals surface area contributed by atoms with Crippen LogP contribution in [0.5, 0.6) is 0 Å². The fourth-order valence-electron chi connectivity index (χ4n) is 2.33. The predicted molar refractivity (Wildman–Crippen MR) is 81.4 cm³/mol. The van der Waals surface area contributed by atoms with Gasteiger partial charge in [-0.1, -0.05) is 26.8 Å². The Balaban J connectivity index is 2.66. The predicted octanol–water partition coefficient (Wildman–Crippen LogP) is 3.45. The van der Waals surface area contributed by atoms with E-state index in [0.717, 1.165) is 25.1 Å². The van der Waals surface area contributed by atoms with Gasteiger partial charge in [0.1, 0.15) is 5.82 Å². The molecule has 0 aliphatic carbocycles. The number of benzene rings is 1. The molecular weight excluding hydrogens is 255 g/mol. The third-order valence-corrected chi connectivity index (χ3v) is 3.63. The van der Waals surface area contributed by atoms with Gasteiger partial charge in [-0.15, -0.1) is 0 Å². The molecule has 20 heavy (non-hydrogen) atoms. The van der Waals surface area contributed by atoms with Crippen molar-refractivity contribution < 1.29 is 9.18 Å². The molecule has 0 heterocycles. The van der Waals surface area contributed by atoms with E-state index < -0.39 is 0 Å². The van der Waals surface area contributed by atoms with E-state index in [0.29, 0.717) is 6.42 Å². The van der Waals surface area contributed by atoms with Gasteiger partial charge in [0.15, 0.2) is 0 Å². The minimum atomic E-state index is -0.383. The maximum Gasteiger partial charge on any atom is 0.226 e. The Morgan fingerprint density at radius 1 is 1.30 bits per heavy atom. The highest BCUT2D eigenvalue weighted by Gasteiger charge is 2.15. The lowest BCUT2D eigenvalue weighted by Gasteiger charge is -2.25. The number of hydrogen-bond donors (Lipinski definition) is 1. The third kappa shape index (κ3) is 4.60. The largest absolute Gasteiger partial charge is 0.324 e. The lowest BCUT2D eigenvalue weighted by molar-refractivity contribution is -0.117. The Kier molecular flexibility index (Phi) is 6.65. The fraction of sp³-hybridized carbons (Fsp3) is 0.562. The summed E-state index contributed by atoms with van der Waals surface area (Å²) < 4.78 is 13.7.